The highest BCUT2D eigenvalue weighted by Gasteiger charge is 2.30. The van der Waals surface area contributed by atoms with Crippen LogP contribution in [0.15, 0.2) is 71.1 Å². The van der Waals surface area contributed by atoms with Crippen LogP contribution in [-0.2, 0) is 4.79 Å². The van der Waals surface area contributed by atoms with E-state index in [1.54, 1.807) is 10.2 Å². The lowest BCUT2D eigenvalue weighted by Gasteiger charge is -2.14. The lowest BCUT2D eigenvalue weighted by Crippen LogP contribution is -2.27. The number of rotatable bonds is 5. The van der Waals surface area contributed by atoms with Crippen molar-refractivity contribution < 1.29 is 9.53 Å². The van der Waals surface area contributed by atoms with Crippen LogP contribution in [-0.4, -0.2) is 43.6 Å². The predicted molar refractivity (Wildman–Crippen MR) is 135 cm³/mol. The van der Waals surface area contributed by atoms with Crippen molar-refractivity contribution in [2.45, 2.75) is 12.5 Å². The highest BCUT2D eigenvalue weighted by molar-refractivity contribution is 14.1. The van der Waals surface area contributed by atoms with Gasteiger partial charge >= 0.3 is 0 Å². The van der Waals surface area contributed by atoms with Gasteiger partial charge in [0.2, 0.25) is 5.91 Å². The maximum Gasteiger partial charge on any atom is 0.247 e. The second-order valence-corrected chi connectivity index (χ2v) is 8.43. The number of ether oxygens (including phenoxy) is 1. The number of halogens is 1. The van der Waals surface area contributed by atoms with Crippen LogP contribution in [0.25, 0.3) is 22.3 Å². The largest absolute Gasteiger partial charge is 0.457 e. The molecule has 0 aliphatic carbocycles. The van der Waals surface area contributed by atoms with Gasteiger partial charge in [0, 0.05) is 24.7 Å². The Morgan fingerprint density at radius 2 is 1.85 bits per heavy atom. The normalized spacial score (nSPS) is 16.0. The van der Waals surface area contributed by atoms with Crippen molar-refractivity contribution in [2.75, 3.05) is 18.8 Å². The van der Waals surface area contributed by atoms with Crippen LogP contribution in [0.5, 0.6) is 11.5 Å². The summed E-state index contributed by atoms with van der Waals surface area (Å²) in [6.07, 6.45) is 3.83. The summed E-state index contributed by atoms with van der Waals surface area (Å²) in [5.41, 5.74) is 8.52. The molecule has 0 spiro atoms. The average Bonchev–Trinajstić information content (AvgIpc) is 3.47. The molecular weight excluding hydrogens is 531 g/mol. The summed E-state index contributed by atoms with van der Waals surface area (Å²) in [7, 11) is 0. The third-order valence-electron chi connectivity index (χ3n) is 5.65. The number of hydrogen-bond acceptors (Lipinski definition) is 6. The molecule has 1 atom stereocenters. The van der Waals surface area contributed by atoms with Gasteiger partial charge in [0.1, 0.15) is 29.3 Å². The standard InChI is InChI=1S/C24H21IN6O2/c25-12-10-20(32)30-13-11-17(14-30)31-24-21(23(26)27-15-28-24)22(29-31)16-6-8-19(9-7-16)33-18-4-2-1-3-5-18/h1-10,12,15,17H,11,13-14H2,(H2,26,27,28)/b12-10+. The molecule has 2 aromatic heterocycles. The molecule has 1 fully saturated rings. The summed E-state index contributed by atoms with van der Waals surface area (Å²) in [4.78, 5) is 22.8. The van der Waals surface area contributed by atoms with Gasteiger partial charge in [-0.25, -0.2) is 14.6 Å². The van der Waals surface area contributed by atoms with Gasteiger partial charge in [-0.05, 0) is 46.9 Å². The van der Waals surface area contributed by atoms with Crippen molar-refractivity contribution in [1.29, 1.82) is 0 Å². The van der Waals surface area contributed by atoms with E-state index < -0.39 is 0 Å². The Morgan fingerprint density at radius 3 is 2.61 bits per heavy atom. The van der Waals surface area contributed by atoms with Crippen molar-refractivity contribution in [3.05, 3.63) is 71.1 Å². The third kappa shape index (κ3) is 4.28. The molecule has 5 rings (SSSR count). The molecule has 0 bridgehead atoms. The summed E-state index contributed by atoms with van der Waals surface area (Å²) < 4.78 is 9.52. The number of nitrogens with zero attached hydrogens (tertiary/aromatic N) is 5. The summed E-state index contributed by atoms with van der Waals surface area (Å²) in [6.45, 7) is 1.25. The van der Waals surface area contributed by atoms with Crippen molar-refractivity contribution >= 4 is 45.3 Å². The van der Waals surface area contributed by atoms with Gasteiger partial charge in [-0.2, -0.15) is 5.10 Å². The Bertz CT molecular complexity index is 1320. The maximum absolute atomic E-state index is 12.3. The van der Waals surface area contributed by atoms with E-state index in [-0.39, 0.29) is 11.9 Å². The van der Waals surface area contributed by atoms with Crippen LogP contribution >= 0.6 is 22.6 Å². The van der Waals surface area contributed by atoms with Crippen LogP contribution in [0.4, 0.5) is 5.82 Å². The second kappa shape index (κ2) is 9.18. The summed E-state index contributed by atoms with van der Waals surface area (Å²) in [5, 5.41) is 5.61. The van der Waals surface area contributed by atoms with Gasteiger partial charge in [0.25, 0.3) is 0 Å². The van der Waals surface area contributed by atoms with Gasteiger partial charge in [-0.3, -0.25) is 4.79 Å². The quantitative estimate of drug-likeness (QED) is 0.287. The first-order valence-corrected chi connectivity index (χ1v) is 11.8. The number of carbonyl (C=O) groups is 1. The zero-order valence-electron chi connectivity index (χ0n) is 17.6. The molecule has 1 aliphatic heterocycles. The highest BCUT2D eigenvalue weighted by atomic mass is 127. The molecule has 3 heterocycles. The van der Waals surface area contributed by atoms with Gasteiger partial charge in [-0.15, -0.1) is 0 Å². The Balaban J connectivity index is 1.47. The fourth-order valence-corrected chi connectivity index (χ4v) is 4.37. The molecule has 1 amide bonds. The van der Waals surface area contributed by atoms with Crippen LogP contribution in [0.3, 0.4) is 0 Å². The van der Waals surface area contributed by atoms with Crippen molar-refractivity contribution in [2.24, 2.45) is 0 Å². The van der Waals surface area contributed by atoms with Crippen LogP contribution in [0.1, 0.15) is 12.5 Å². The molecule has 2 aromatic carbocycles. The van der Waals surface area contributed by atoms with Gasteiger partial charge in [0.05, 0.1) is 11.4 Å². The number of benzene rings is 2. The average molecular weight is 552 g/mol. The number of carbonyl (C=O) groups excluding carboxylic acids is 1. The maximum atomic E-state index is 12.3. The van der Waals surface area contributed by atoms with E-state index >= 15 is 0 Å². The number of amides is 1. The minimum absolute atomic E-state index is 0.00623. The summed E-state index contributed by atoms with van der Waals surface area (Å²) in [6, 6.07) is 17.4. The lowest BCUT2D eigenvalue weighted by molar-refractivity contribution is -0.125. The molecule has 4 aromatic rings. The smallest absolute Gasteiger partial charge is 0.247 e. The number of aromatic nitrogens is 4. The Labute approximate surface area is 204 Å². The van der Waals surface area contributed by atoms with E-state index in [1.807, 2.05) is 64.2 Å². The van der Waals surface area contributed by atoms with E-state index in [0.717, 1.165) is 23.5 Å². The SMILES string of the molecule is Nc1ncnc2c1c(-c1ccc(Oc3ccccc3)cc1)nn2C1CCN(C(=O)/C=C/I)C1. The first kappa shape index (κ1) is 21.4. The van der Waals surface area contributed by atoms with Gasteiger partial charge < -0.3 is 15.4 Å². The topological polar surface area (TPSA) is 99.2 Å². The fourth-order valence-electron chi connectivity index (χ4n) is 4.06. The van der Waals surface area contributed by atoms with E-state index in [4.69, 9.17) is 15.6 Å². The summed E-state index contributed by atoms with van der Waals surface area (Å²) in [5.74, 6) is 1.89. The minimum atomic E-state index is 0.00623. The van der Waals surface area contributed by atoms with E-state index in [2.05, 4.69) is 32.6 Å². The van der Waals surface area contributed by atoms with Gasteiger partial charge in [-0.1, -0.05) is 40.8 Å². The minimum Gasteiger partial charge on any atom is -0.457 e. The Kier molecular flexibility index (Phi) is 5.95. The molecule has 1 aliphatic rings. The highest BCUT2D eigenvalue weighted by Crippen LogP contribution is 2.35. The lowest BCUT2D eigenvalue weighted by atomic mass is 10.1. The van der Waals surface area contributed by atoms with Gasteiger partial charge in [0.15, 0.2) is 5.65 Å². The van der Waals surface area contributed by atoms with E-state index in [9.17, 15) is 4.79 Å². The molecule has 8 nitrogen and oxygen atoms in total. The molecule has 1 unspecified atom stereocenters. The van der Waals surface area contributed by atoms with E-state index in [1.165, 1.54) is 6.33 Å². The van der Waals surface area contributed by atoms with Crippen LogP contribution in [0.2, 0.25) is 0 Å². The number of hydrogen-bond donors (Lipinski definition) is 1. The van der Waals surface area contributed by atoms with Crippen molar-refractivity contribution in [1.82, 2.24) is 24.6 Å². The number of para-hydroxylation sites is 1. The molecule has 166 valence electrons. The van der Waals surface area contributed by atoms with Crippen LogP contribution < -0.4 is 10.5 Å². The van der Waals surface area contributed by atoms with Crippen molar-refractivity contribution in [3.8, 4) is 22.8 Å². The predicted octanol–water partition coefficient (Wildman–Crippen LogP) is 4.59. The fraction of sp³-hybridized carbons (Fsp3) is 0.167. The molecule has 0 radical (unpaired) electrons. The Hall–Kier alpha value is -3.47. The molecule has 9 heteroatoms. The summed E-state index contributed by atoms with van der Waals surface area (Å²) >= 11 is 2.05. The third-order valence-corrected chi connectivity index (χ3v) is 6.01. The molecule has 0 saturated carbocycles. The molecule has 2 N–H and O–H groups in total. The molecular formula is C24H21IN6O2. The van der Waals surface area contributed by atoms with E-state index in [0.29, 0.717) is 35.6 Å². The monoisotopic (exact) mass is 552 g/mol. The first-order chi connectivity index (χ1) is 16.1. The number of fused-ring (bicyclic) bond motifs is 1. The number of likely N-dealkylation sites (tertiary alicyclic amines) is 1. The molecule has 33 heavy (non-hydrogen) atoms. The molecule has 1 saturated heterocycles. The number of nitrogens with two attached hydrogens (primary N) is 1. The second-order valence-electron chi connectivity index (χ2n) is 7.71. The number of nitrogen functional groups attached to an aromatic ring is 1. The van der Waals surface area contributed by atoms with Crippen molar-refractivity contribution in [3.63, 3.8) is 0 Å². The zero-order chi connectivity index (χ0) is 22.8. The van der Waals surface area contributed by atoms with Crippen LogP contribution in [0, 0.1) is 0 Å². The number of anilines is 1. The zero-order valence-corrected chi connectivity index (χ0v) is 19.8. The first-order valence-electron chi connectivity index (χ1n) is 10.5. The Morgan fingerprint density at radius 1 is 1.09 bits per heavy atom.